The largest absolute Gasteiger partial charge is 0.320 e. The molecule has 3 nitrogen and oxygen atoms in total. The summed E-state index contributed by atoms with van der Waals surface area (Å²) in [6, 6.07) is 23.8. The van der Waals surface area contributed by atoms with Crippen LogP contribution in [0.2, 0.25) is 0 Å². The Balaban J connectivity index is 1.72. The molecule has 0 fully saturated rings. The van der Waals surface area contributed by atoms with Crippen molar-refractivity contribution < 1.29 is 4.79 Å². The first-order chi connectivity index (χ1) is 13.7. The maximum atomic E-state index is 12.6. The topological polar surface area (TPSA) is 42.0 Å². The summed E-state index contributed by atoms with van der Waals surface area (Å²) in [5.41, 5.74) is 4.45. The molecule has 2 aromatic carbocycles. The maximum absolute atomic E-state index is 12.6. The molecule has 28 heavy (non-hydrogen) atoms. The van der Waals surface area contributed by atoms with Crippen molar-refractivity contribution in [2.45, 2.75) is 16.0 Å². The van der Waals surface area contributed by atoms with Crippen LogP contribution in [0.5, 0.6) is 0 Å². The molecule has 0 aliphatic carbocycles. The van der Waals surface area contributed by atoms with E-state index < -0.39 is 0 Å². The smallest absolute Gasteiger partial charge is 0.274 e. The number of aromatic nitrogens is 1. The zero-order valence-electron chi connectivity index (χ0n) is 15.3. The van der Waals surface area contributed by atoms with Crippen molar-refractivity contribution in [3.05, 3.63) is 95.6 Å². The molecule has 4 aromatic rings. The Morgan fingerprint density at radius 3 is 2.61 bits per heavy atom. The van der Waals surface area contributed by atoms with E-state index in [0.29, 0.717) is 5.69 Å². The number of para-hydroxylation sites is 1. The lowest BCUT2D eigenvalue weighted by molar-refractivity contribution is 0.102. The average Bonchev–Trinajstić information content (AvgIpc) is 3.24. The first kappa shape index (κ1) is 18.5. The fourth-order valence-corrected chi connectivity index (χ4v) is 4.74. The predicted molar refractivity (Wildman–Crippen MR) is 117 cm³/mol. The highest BCUT2D eigenvalue weighted by Gasteiger charge is 2.14. The Hall–Kier alpha value is -2.89. The zero-order valence-corrected chi connectivity index (χ0v) is 16.9. The van der Waals surface area contributed by atoms with Crippen molar-refractivity contribution in [2.75, 3.05) is 5.32 Å². The molecule has 0 aliphatic rings. The summed E-state index contributed by atoms with van der Waals surface area (Å²) in [5, 5.41) is 5.10. The van der Waals surface area contributed by atoms with Gasteiger partial charge in [-0.25, -0.2) is 0 Å². The van der Waals surface area contributed by atoms with Crippen LogP contribution in [0.25, 0.3) is 11.1 Å². The molecule has 0 spiro atoms. The summed E-state index contributed by atoms with van der Waals surface area (Å²) in [7, 11) is 0. The molecule has 4 rings (SSSR count). The second-order valence-corrected chi connectivity index (χ2v) is 8.54. The number of carbonyl (C=O) groups is 1. The van der Waals surface area contributed by atoms with Crippen LogP contribution < -0.4 is 5.32 Å². The average molecular weight is 403 g/mol. The van der Waals surface area contributed by atoms with Gasteiger partial charge in [0.1, 0.15) is 5.69 Å². The van der Waals surface area contributed by atoms with Gasteiger partial charge in [0.05, 0.1) is 4.21 Å². The number of carbonyl (C=O) groups excluding carboxylic acids is 1. The number of amides is 1. The van der Waals surface area contributed by atoms with Crippen molar-refractivity contribution in [2.24, 2.45) is 0 Å². The molecule has 0 radical (unpaired) electrons. The highest BCUT2D eigenvalue weighted by Crippen LogP contribution is 2.40. The minimum Gasteiger partial charge on any atom is -0.320 e. The lowest BCUT2D eigenvalue weighted by Gasteiger charge is -2.15. The second-order valence-electron chi connectivity index (χ2n) is 6.25. The number of rotatable bonds is 5. The van der Waals surface area contributed by atoms with E-state index in [-0.39, 0.29) is 5.91 Å². The molecule has 138 valence electrons. The molecular weight excluding hydrogens is 384 g/mol. The van der Waals surface area contributed by atoms with E-state index in [4.69, 9.17) is 0 Å². The summed E-state index contributed by atoms with van der Waals surface area (Å²) in [5.74, 6) is -0.215. The van der Waals surface area contributed by atoms with E-state index in [0.717, 1.165) is 21.7 Å². The first-order valence-electron chi connectivity index (χ1n) is 8.84. The highest BCUT2D eigenvalue weighted by molar-refractivity contribution is 8.01. The van der Waals surface area contributed by atoms with Crippen LogP contribution in [0, 0.1) is 6.92 Å². The molecule has 0 bridgehead atoms. The van der Waals surface area contributed by atoms with Crippen molar-refractivity contribution in [3.8, 4) is 11.1 Å². The van der Waals surface area contributed by atoms with Gasteiger partial charge in [-0.1, -0.05) is 59.8 Å². The van der Waals surface area contributed by atoms with Gasteiger partial charge < -0.3 is 5.32 Å². The second kappa shape index (κ2) is 8.42. The summed E-state index contributed by atoms with van der Waals surface area (Å²) >= 11 is 3.46. The molecular formula is C23H18N2OS2. The van der Waals surface area contributed by atoms with Gasteiger partial charge in [-0.15, -0.1) is 11.3 Å². The number of benzene rings is 2. The number of thiophene rings is 1. The summed E-state index contributed by atoms with van der Waals surface area (Å²) in [6.45, 7) is 2.08. The first-order valence-corrected chi connectivity index (χ1v) is 10.5. The number of nitrogens with one attached hydrogen (secondary N) is 1. The van der Waals surface area contributed by atoms with Crippen molar-refractivity contribution in [1.29, 1.82) is 0 Å². The molecule has 0 aliphatic heterocycles. The van der Waals surface area contributed by atoms with Crippen LogP contribution in [0.1, 0.15) is 16.1 Å². The predicted octanol–water partition coefficient (Wildman–Crippen LogP) is 6.52. The molecule has 1 N–H and O–H groups in total. The third kappa shape index (κ3) is 4.16. The van der Waals surface area contributed by atoms with Crippen molar-refractivity contribution in [3.63, 3.8) is 0 Å². The monoisotopic (exact) mass is 402 g/mol. The number of pyridine rings is 1. The van der Waals surface area contributed by atoms with E-state index in [1.165, 1.54) is 9.77 Å². The normalized spacial score (nSPS) is 10.6. The van der Waals surface area contributed by atoms with Crippen molar-refractivity contribution >= 4 is 34.7 Å². The van der Waals surface area contributed by atoms with Crippen LogP contribution in [0.4, 0.5) is 5.69 Å². The van der Waals surface area contributed by atoms with Gasteiger partial charge in [0.15, 0.2) is 0 Å². The highest BCUT2D eigenvalue weighted by atomic mass is 32.2. The van der Waals surface area contributed by atoms with Crippen LogP contribution in [0.15, 0.2) is 93.5 Å². The van der Waals surface area contributed by atoms with Crippen LogP contribution in [-0.2, 0) is 0 Å². The zero-order chi connectivity index (χ0) is 19.3. The van der Waals surface area contributed by atoms with Crippen LogP contribution >= 0.6 is 23.1 Å². The number of hydrogen-bond donors (Lipinski definition) is 1. The van der Waals surface area contributed by atoms with Gasteiger partial charge in [-0.2, -0.15) is 0 Å². The Labute approximate surface area is 172 Å². The lowest BCUT2D eigenvalue weighted by atomic mass is 10.0. The Bertz CT molecular complexity index is 1090. The minimum atomic E-state index is -0.215. The third-order valence-corrected chi connectivity index (χ3v) is 6.32. The molecule has 5 heteroatoms. The quantitative estimate of drug-likeness (QED) is 0.413. The molecule has 0 unspecified atom stereocenters. The van der Waals surface area contributed by atoms with E-state index in [1.807, 2.05) is 30.3 Å². The van der Waals surface area contributed by atoms with Gasteiger partial charge in [-0.3, -0.25) is 9.78 Å². The summed E-state index contributed by atoms with van der Waals surface area (Å²) in [6.07, 6.45) is 1.62. The summed E-state index contributed by atoms with van der Waals surface area (Å²) in [4.78, 5) is 17.9. The number of nitrogens with zero attached hydrogens (tertiary/aromatic N) is 1. The Morgan fingerprint density at radius 1 is 0.964 bits per heavy atom. The van der Waals surface area contributed by atoms with E-state index in [9.17, 15) is 4.79 Å². The Kier molecular flexibility index (Phi) is 5.55. The van der Waals surface area contributed by atoms with E-state index >= 15 is 0 Å². The molecule has 2 aromatic heterocycles. The van der Waals surface area contributed by atoms with Crippen LogP contribution in [-0.4, -0.2) is 10.9 Å². The lowest BCUT2D eigenvalue weighted by Crippen LogP contribution is -2.14. The van der Waals surface area contributed by atoms with Gasteiger partial charge in [0, 0.05) is 22.3 Å². The molecule has 0 saturated heterocycles. The third-order valence-electron chi connectivity index (χ3n) is 4.20. The van der Waals surface area contributed by atoms with Gasteiger partial charge in [0.25, 0.3) is 5.91 Å². The fraction of sp³-hybridized carbons (Fsp3) is 0.0435. The fourth-order valence-electron chi connectivity index (χ4n) is 2.88. The van der Waals surface area contributed by atoms with Crippen LogP contribution in [0.3, 0.4) is 0 Å². The SMILES string of the molecule is Cc1ccc(Sc2cccs2)c(-c2ccccc2NC(=O)c2ccccn2)c1. The Morgan fingerprint density at radius 2 is 1.82 bits per heavy atom. The van der Waals surface area contributed by atoms with E-state index in [2.05, 4.69) is 52.9 Å². The van der Waals surface area contributed by atoms with Crippen molar-refractivity contribution in [1.82, 2.24) is 4.98 Å². The van der Waals surface area contributed by atoms with Gasteiger partial charge in [-0.05, 0) is 48.2 Å². The molecule has 0 saturated carbocycles. The molecule has 0 atom stereocenters. The molecule has 2 heterocycles. The standard InChI is InChI=1S/C23H18N2OS2/c1-16-11-12-21(28-22-10-6-14-27-22)18(15-16)17-7-2-3-8-19(17)25-23(26)20-9-4-5-13-24-20/h2-15H,1H3,(H,25,26). The van der Waals surface area contributed by atoms with Gasteiger partial charge >= 0.3 is 0 Å². The summed E-state index contributed by atoms with van der Waals surface area (Å²) < 4.78 is 1.24. The van der Waals surface area contributed by atoms with Gasteiger partial charge in [0.2, 0.25) is 0 Å². The van der Waals surface area contributed by atoms with E-state index in [1.54, 1.807) is 41.4 Å². The molecule has 1 amide bonds. The maximum Gasteiger partial charge on any atom is 0.274 e. The number of aryl methyl sites for hydroxylation is 1. The number of anilines is 1. The number of hydrogen-bond acceptors (Lipinski definition) is 4. The minimum absolute atomic E-state index is 0.215.